The molecule has 0 amide bonds. The fourth-order valence-corrected chi connectivity index (χ4v) is 1.07. The molecule has 2 rings (SSSR count). The number of hydrogen-bond donors (Lipinski definition) is 1. The zero-order valence-corrected chi connectivity index (χ0v) is 6.43. The molecule has 0 saturated carbocycles. The normalized spacial score (nSPS) is 12.6. The Hall–Kier alpha value is -2.04. The molecule has 1 N–H and O–H groups in total. The Morgan fingerprint density at radius 1 is 1.46 bits per heavy atom. The van der Waals surface area contributed by atoms with Crippen LogP contribution in [0.4, 0.5) is 0 Å². The second-order valence-corrected chi connectivity index (χ2v) is 2.41. The van der Waals surface area contributed by atoms with Crippen LogP contribution in [0.1, 0.15) is 15.9 Å². The SMILES string of the molecule is O=C(O)c1cccc2c1C=NOO2. The number of rotatable bonds is 1. The van der Waals surface area contributed by atoms with Crippen molar-refractivity contribution < 1.29 is 19.8 Å². The van der Waals surface area contributed by atoms with Crippen LogP contribution < -0.4 is 4.89 Å². The van der Waals surface area contributed by atoms with Crippen LogP contribution in [-0.2, 0) is 4.99 Å². The van der Waals surface area contributed by atoms with Crippen molar-refractivity contribution in [2.45, 2.75) is 0 Å². The van der Waals surface area contributed by atoms with E-state index in [0.717, 1.165) is 0 Å². The van der Waals surface area contributed by atoms with E-state index in [1.165, 1.54) is 12.3 Å². The second kappa shape index (κ2) is 2.78. The third-order valence-electron chi connectivity index (χ3n) is 1.65. The molecule has 66 valence electrons. The molecule has 0 aliphatic carbocycles. The van der Waals surface area contributed by atoms with Gasteiger partial charge in [0.15, 0.2) is 5.75 Å². The van der Waals surface area contributed by atoms with Crippen molar-refractivity contribution >= 4 is 12.2 Å². The highest BCUT2D eigenvalue weighted by Gasteiger charge is 2.16. The topological polar surface area (TPSA) is 68.1 Å². The fourth-order valence-electron chi connectivity index (χ4n) is 1.07. The van der Waals surface area contributed by atoms with Gasteiger partial charge in [-0.2, -0.15) is 4.99 Å². The lowest BCUT2D eigenvalue weighted by atomic mass is 10.1. The molecule has 0 fully saturated rings. The zero-order chi connectivity index (χ0) is 9.26. The van der Waals surface area contributed by atoms with Gasteiger partial charge in [-0.05, 0) is 17.3 Å². The molecule has 1 aromatic carbocycles. The van der Waals surface area contributed by atoms with E-state index in [0.29, 0.717) is 11.3 Å². The van der Waals surface area contributed by atoms with Crippen molar-refractivity contribution in [3.63, 3.8) is 0 Å². The van der Waals surface area contributed by atoms with Crippen LogP contribution in [0.25, 0.3) is 0 Å². The lowest BCUT2D eigenvalue weighted by Gasteiger charge is -2.09. The van der Waals surface area contributed by atoms with E-state index in [-0.39, 0.29) is 5.56 Å². The first kappa shape index (κ1) is 7.60. The average molecular weight is 179 g/mol. The quantitative estimate of drug-likeness (QED) is 0.654. The number of fused-ring (bicyclic) bond motifs is 1. The molecule has 0 spiro atoms. The lowest BCUT2D eigenvalue weighted by molar-refractivity contribution is -0.209. The first-order valence-corrected chi connectivity index (χ1v) is 3.52. The summed E-state index contributed by atoms with van der Waals surface area (Å²) in [5, 5.41) is 12.1. The molecule has 5 heteroatoms. The molecule has 0 atom stereocenters. The smallest absolute Gasteiger partial charge is 0.336 e. The van der Waals surface area contributed by atoms with Crippen LogP contribution in [0, 0.1) is 0 Å². The first-order valence-electron chi connectivity index (χ1n) is 3.52. The molecule has 0 bridgehead atoms. The first-order chi connectivity index (χ1) is 6.29. The Morgan fingerprint density at radius 3 is 3.08 bits per heavy atom. The minimum Gasteiger partial charge on any atom is -0.478 e. The fraction of sp³-hybridized carbons (Fsp3) is 0. The summed E-state index contributed by atoms with van der Waals surface area (Å²) in [4.78, 5) is 19.7. The summed E-state index contributed by atoms with van der Waals surface area (Å²) in [7, 11) is 0. The third-order valence-corrected chi connectivity index (χ3v) is 1.65. The number of nitrogens with zero attached hydrogens (tertiary/aromatic N) is 1. The molecule has 1 aliphatic heterocycles. The summed E-state index contributed by atoms with van der Waals surface area (Å²) in [6.45, 7) is 0. The minimum absolute atomic E-state index is 0.143. The summed E-state index contributed by atoms with van der Waals surface area (Å²) in [5.41, 5.74) is 0.561. The number of hydrogen-bond acceptors (Lipinski definition) is 4. The molecular weight excluding hydrogens is 174 g/mol. The summed E-state index contributed by atoms with van der Waals surface area (Å²) >= 11 is 0. The molecule has 0 radical (unpaired) electrons. The maximum atomic E-state index is 10.7. The van der Waals surface area contributed by atoms with Gasteiger partial charge in [0.05, 0.1) is 17.3 Å². The van der Waals surface area contributed by atoms with Crippen LogP contribution in [-0.4, -0.2) is 17.3 Å². The molecule has 1 aromatic rings. The summed E-state index contributed by atoms with van der Waals surface area (Å²) in [6, 6.07) is 4.65. The van der Waals surface area contributed by atoms with E-state index in [2.05, 4.69) is 15.0 Å². The van der Waals surface area contributed by atoms with Crippen molar-refractivity contribution in [3.05, 3.63) is 29.3 Å². The summed E-state index contributed by atoms with van der Waals surface area (Å²) < 4.78 is 0. The van der Waals surface area contributed by atoms with Crippen molar-refractivity contribution in [1.29, 1.82) is 0 Å². The van der Waals surface area contributed by atoms with Gasteiger partial charge in [-0.3, -0.25) is 4.89 Å². The third kappa shape index (κ3) is 1.20. The van der Waals surface area contributed by atoms with E-state index in [1.807, 2.05) is 0 Å². The van der Waals surface area contributed by atoms with Gasteiger partial charge in [-0.25, -0.2) is 4.79 Å². The molecule has 5 nitrogen and oxygen atoms in total. The summed E-state index contributed by atoms with van der Waals surface area (Å²) in [6.07, 6.45) is 1.31. The van der Waals surface area contributed by atoms with Crippen LogP contribution in [0.2, 0.25) is 0 Å². The van der Waals surface area contributed by atoms with Gasteiger partial charge in [0.1, 0.15) is 0 Å². The molecule has 0 unspecified atom stereocenters. The highest BCUT2D eigenvalue weighted by molar-refractivity contribution is 6.00. The number of carbonyl (C=O) groups is 1. The molecular formula is C8H5NO4. The second-order valence-electron chi connectivity index (χ2n) is 2.41. The molecule has 0 aromatic heterocycles. The van der Waals surface area contributed by atoms with E-state index >= 15 is 0 Å². The molecule has 0 saturated heterocycles. The van der Waals surface area contributed by atoms with E-state index < -0.39 is 5.97 Å². The van der Waals surface area contributed by atoms with E-state index in [1.54, 1.807) is 12.1 Å². The number of aromatic carboxylic acids is 1. The number of carboxylic acids is 1. The van der Waals surface area contributed by atoms with Crippen molar-refractivity contribution in [2.24, 2.45) is 5.16 Å². The van der Waals surface area contributed by atoms with Gasteiger partial charge in [0.25, 0.3) is 0 Å². The Morgan fingerprint density at radius 2 is 2.31 bits per heavy atom. The number of benzene rings is 1. The maximum Gasteiger partial charge on any atom is 0.336 e. The average Bonchev–Trinajstić information content (AvgIpc) is 2.17. The monoisotopic (exact) mass is 179 g/mol. The van der Waals surface area contributed by atoms with Crippen molar-refractivity contribution in [1.82, 2.24) is 0 Å². The number of oxime groups is 1. The van der Waals surface area contributed by atoms with Crippen molar-refractivity contribution in [2.75, 3.05) is 0 Å². The van der Waals surface area contributed by atoms with Crippen molar-refractivity contribution in [3.8, 4) is 5.75 Å². The molecule has 13 heavy (non-hydrogen) atoms. The zero-order valence-electron chi connectivity index (χ0n) is 6.43. The van der Waals surface area contributed by atoms with Gasteiger partial charge in [0, 0.05) is 0 Å². The Labute approximate surface area is 73.1 Å². The minimum atomic E-state index is -1.02. The standard InChI is InChI=1S/C8H5NO4/c10-8(11)5-2-1-3-7-6(5)4-9-13-12-7/h1-4H,(H,10,11). The predicted octanol–water partition coefficient (Wildman–Crippen LogP) is 1.04. The van der Waals surface area contributed by atoms with Crippen LogP contribution in [0.15, 0.2) is 23.4 Å². The predicted molar refractivity (Wildman–Crippen MR) is 42.7 cm³/mol. The molecule has 1 aliphatic rings. The Balaban J connectivity index is 2.60. The van der Waals surface area contributed by atoms with Gasteiger partial charge in [-0.1, -0.05) is 6.07 Å². The van der Waals surface area contributed by atoms with E-state index in [9.17, 15) is 4.79 Å². The van der Waals surface area contributed by atoms with Crippen LogP contribution >= 0.6 is 0 Å². The largest absolute Gasteiger partial charge is 0.478 e. The van der Waals surface area contributed by atoms with Gasteiger partial charge in [-0.15, -0.1) is 0 Å². The maximum absolute atomic E-state index is 10.7. The highest BCUT2D eigenvalue weighted by atomic mass is 17.3. The van der Waals surface area contributed by atoms with Crippen LogP contribution in [0.3, 0.4) is 0 Å². The lowest BCUT2D eigenvalue weighted by Crippen LogP contribution is -2.08. The highest BCUT2D eigenvalue weighted by Crippen LogP contribution is 2.23. The Kier molecular flexibility index (Phi) is 1.63. The van der Waals surface area contributed by atoms with Crippen LogP contribution in [0.5, 0.6) is 5.75 Å². The van der Waals surface area contributed by atoms with Gasteiger partial charge < -0.3 is 5.11 Å². The van der Waals surface area contributed by atoms with Gasteiger partial charge >= 0.3 is 5.97 Å². The van der Waals surface area contributed by atoms with E-state index in [4.69, 9.17) is 5.11 Å². The summed E-state index contributed by atoms with van der Waals surface area (Å²) in [5.74, 6) is -0.663. The number of carboxylic acid groups (broad SMARTS) is 1. The van der Waals surface area contributed by atoms with Gasteiger partial charge in [0.2, 0.25) is 0 Å². The Bertz CT molecular complexity index is 386. The molecule has 1 heterocycles.